The summed E-state index contributed by atoms with van der Waals surface area (Å²) in [4.78, 5) is 24.4. The zero-order chi connectivity index (χ0) is 32.3. The first-order valence-corrected chi connectivity index (χ1v) is 15.4. The third kappa shape index (κ3) is 9.00. The van der Waals surface area contributed by atoms with Crippen molar-refractivity contribution < 1.29 is 9.53 Å². The lowest BCUT2D eigenvalue weighted by molar-refractivity contribution is -0.121. The highest BCUT2D eigenvalue weighted by molar-refractivity contribution is 6.42. The number of nitrogens with zero attached hydrogens (tertiary/aromatic N) is 5. The molecule has 0 saturated carbocycles. The highest BCUT2D eigenvalue weighted by Gasteiger charge is 2.24. The summed E-state index contributed by atoms with van der Waals surface area (Å²) >= 11 is 12.9. The lowest BCUT2D eigenvalue weighted by atomic mass is 9.98. The summed E-state index contributed by atoms with van der Waals surface area (Å²) in [5.41, 5.74) is 10.4. The van der Waals surface area contributed by atoms with Crippen molar-refractivity contribution in [2.24, 2.45) is 16.6 Å². The van der Waals surface area contributed by atoms with E-state index in [4.69, 9.17) is 43.9 Å². The molecule has 1 amide bonds. The van der Waals surface area contributed by atoms with E-state index in [9.17, 15) is 4.79 Å². The molecule has 11 heteroatoms. The molecule has 3 N–H and O–H groups in total. The van der Waals surface area contributed by atoms with E-state index < -0.39 is 0 Å². The van der Waals surface area contributed by atoms with Crippen molar-refractivity contribution in [2.45, 2.75) is 45.8 Å². The van der Waals surface area contributed by atoms with Gasteiger partial charge >= 0.3 is 0 Å². The zero-order valence-corrected chi connectivity index (χ0v) is 27.1. The van der Waals surface area contributed by atoms with Gasteiger partial charge in [0, 0.05) is 37.6 Å². The van der Waals surface area contributed by atoms with E-state index in [2.05, 4.69) is 30.2 Å². The van der Waals surface area contributed by atoms with Crippen LogP contribution in [-0.4, -0.2) is 46.0 Å². The van der Waals surface area contributed by atoms with E-state index in [-0.39, 0.29) is 30.2 Å². The normalized spacial score (nSPS) is 12.7. The molecule has 9 nitrogen and oxygen atoms in total. The van der Waals surface area contributed by atoms with E-state index in [0.717, 1.165) is 23.2 Å². The molecule has 234 valence electrons. The lowest BCUT2D eigenvalue weighted by Gasteiger charge is -2.32. The van der Waals surface area contributed by atoms with Crippen LogP contribution in [-0.2, 0) is 24.3 Å². The Labute approximate surface area is 274 Å². The number of nitriles is 1. The van der Waals surface area contributed by atoms with Gasteiger partial charge in [0.15, 0.2) is 5.96 Å². The molecule has 45 heavy (non-hydrogen) atoms. The van der Waals surface area contributed by atoms with Gasteiger partial charge in [-0.25, -0.2) is 9.98 Å². The number of hydrogen-bond donors (Lipinski definition) is 2. The van der Waals surface area contributed by atoms with Crippen LogP contribution in [0.3, 0.4) is 0 Å². The number of aliphatic imine (C=N–C) groups is 1. The minimum atomic E-state index is -0.262. The Morgan fingerprint density at radius 2 is 1.91 bits per heavy atom. The number of guanidine groups is 1. The first kappa shape index (κ1) is 33.4. The fraction of sp³-hybridized carbons (Fsp3) is 0.294. The summed E-state index contributed by atoms with van der Waals surface area (Å²) < 4.78 is 7.41. The van der Waals surface area contributed by atoms with Crippen LogP contribution in [0, 0.1) is 17.2 Å². The number of ether oxygens (including phenoxy) is 1. The van der Waals surface area contributed by atoms with E-state index in [1.807, 2.05) is 58.0 Å². The fourth-order valence-electron chi connectivity index (χ4n) is 4.86. The second kappa shape index (κ2) is 16.0. The summed E-state index contributed by atoms with van der Waals surface area (Å²) in [6, 6.07) is 22.1. The van der Waals surface area contributed by atoms with Gasteiger partial charge in [0.2, 0.25) is 5.91 Å². The van der Waals surface area contributed by atoms with E-state index in [1.165, 1.54) is 0 Å². The number of aromatic nitrogens is 2. The van der Waals surface area contributed by atoms with Gasteiger partial charge in [-0.15, -0.1) is 0 Å². The van der Waals surface area contributed by atoms with Gasteiger partial charge in [-0.2, -0.15) is 5.26 Å². The summed E-state index contributed by atoms with van der Waals surface area (Å²) in [6.07, 6.45) is 4.39. The average molecular weight is 647 g/mol. The Hall–Kier alpha value is -4.52. The molecule has 1 aromatic heterocycles. The number of halogens is 2. The molecule has 2 atom stereocenters. The van der Waals surface area contributed by atoms with Gasteiger partial charge in [0.1, 0.15) is 11.4 Å². The number of hydrogen-bond acceptors (Lipinski definition) is 5. The minimum Gasteiger partial charge on any atom is -0.494 e. The number of nitrogens with two attached hydrogens (primary N) is 1. The smallest absolute Gasteiger partial charge is 0.226 e. The lowest BCUT2D eigenvalue weighted by Crippen LogP contribution is -2.50. The van der Waals surface area contributed by atoms with Crippen molar-refractivity contribution >= 4 is 40.8 Å². The van der Waals surface area contributed by atoms with Gasteiger partial charge in [0.25, 0.3) is 0 Å². The van der Waals surface area contributed by atoms with Crippen LogP contribution in [0.15, 0.2) is 84.2 Å². The number of amides is 1. The molecule has 0 spiro atoms. The summed E-state index contributed by atoms with van der Waals surface area (Å²) in [7, 11) is 1.58. The second-order valence-electron chi connectivity index (χ2n) is 10.8. The Bertz CT molecular complexity index is 1660. The van der Waals surface area contributed by atoms with Crippen LogP contribution in [0.2, 0.25) is 10.0 Å². The molecule has 4 aromatic rings. The number of carbonyl (C=O) groups is 1. The highest BCUT2D eigenvalue weighted by atomic mass is 35.5. The monoisotopic (exact) mass is 645 g/mol. The maximum atomic E-state index is 13.5. The molecule has 0 unspecified atom stereocenters. The van der Waals surface area contributed by atoms with Crippen molar-refractivity contribution in [1.29, 1.82) is 5.26 Å². The van der Waals surface area contributed by atoms with Gasteiger partial charge in [-0.1, -0.05) is 79.9 Å². The molecule has 4 rings (SSSR count). The van der Waals surface area contributed by atoms with Crippen LogP contribution in [0.1, 0.15) is 42.7 Å². The summed E-state index contributed by atoms with van der Waals surface area (Å²) in [5, 5.41) is 13.2. The number of benzene rings is 3. The van der Waals surface area contributed by atoms with Crippen LogP contribution < -0.4 is 15.8 Å². The SMILES string of the molecule is CC[C@H](C)[C@@H](CN(Cc1cccc(Cl)c1Cl)C(N)=Nc1ccccc1OC)NC(=O)Cc1cncn1Cc1ccc(C#N)cc1. The number of nitrogens with one attached hydrogen (secondary N) is 1. The van der Waals surface area contributed by atoms with Crippen molar-refractivity contribution in [3.8, 4) is 11.8 Å². The largest absolute Gasteiger partial charge is 0.494 e. The molecular formula is C34H37Cl2N7O2. The summed E-state index contributed by atoms with van der Waals surface area (Å²) in [6.45, 7) is 5.41. The molecule has 3 aromatic carbocycles. The number of rotatable bonds is 13. The van der Waals surface area contributed by atoms with Gasteiger partial charge in [-0.05, 0) is 47.4 Å². The maximum absolute atomic E-state index is 13.5. The summed E-state index contributed by atoms with van der Waals surface area (Å²) in [5.74, 6) is 0.820. The van der Waals surface area contributed by atoms with Crippen molar-refractivity contribution in [3.05, 3.63) is 112 Å². The quantitative estimate of drug-likeness (QED) is 0.129. The minimum absolute atomic E-state index is 0.119. The standard InChI is InChI=1S/C34H37Cl2N7O2/c1-4-23(2)30(40-32(44)16-27-18-39-22-43(27)19-25-14-12-24(17-37)13-15-25)21-42(20-26-8-7-9-28(35)33(26)36)34(38)41-29-10-5-6-11-31(29)45-3/h5-15,18,22-23,30H,4,16,19-21H2,1-3H3,(H2,38,41)(H,40,44)/t23-,30+/m0/s1. The predicted octanol–water partition coefficient (Wildman–Crippen LogP) is 6.34. The molecule has 0 aliphatic heterocycles. The predicted molar refractivity (Wildman–Crippen MR) is 179 cm³/mol. The van der Waals surface area contributed by atoms with Gasteiger partial charge < -0.3 is 25.3 Å². The first-order chi connectivity index (χ1) is 21.7. The zero-order valence-electron chi connectivity index (χ0n) is 25.6. The third-order valence-corrected chi connectivity index (χ3v) is 8.57. The molecule has 0 fully saturated rings. The number of methoxy groups -OCH3 is 1. The Kier molecular flexibility index (Phi) is 11.9. The van der Waals surface area contributed by atoms with Crippen LogP contribution in [0.25, 0.3) is 0 Å². The van der Waals surface area contributed by atoms with Crippen molar-refractivity contribution in [2.75, 3.05) is 13.7 Å². The van der Waals surface area contributed by atoms with Gasteiger partial charge in [0.05, 0.1) is 41.5 Å². The van der Waals surface area contributed by atoms with E-state index in [1.54, 1.807) is 37.8 Å². The van der Waals surface area contributed by atoms with E-state index >= 15 is 0 Å². The third-order valence-electron chi connectivity index (χ3n) is 7.71. The van der Waals surface area contributed by atoms with Crippen LogP contribution in [0.5, 0.6) is 5.75 Å². The molecule has 0 radical (unpaired) electrons. The Morgan fingerprint density at radius 1 is 1.16 bits per heavy atom. The number of para-hydroxylation sites is 2. The molecule has 0 aliphatic carbocycles. The highest BCUT2D eigenvalue weighted by Crippen LogP contribution is 2.29. The van der Waals surface area contributed by atoms with E-state index in [0.29, 0.717) is 46.7 Å². The van der Waals surface area contributed by atoms with Crippen molar-refractivity contribution in [3.63, 3.8) is 0 Å². The molecule has 0 aliphatic rings. The second-order valence-corrected chi connectivity index (χ2v) is 11.6. The Balaban J connectivity index is 1.56. The molecule has 0 saturated heterocycles. The van der Waals surface area contributed by atoms with Gasteiger partial charge in [-0.3, -0.25) is 4.79 Å². The molecular weight excluding hydrogens is 609 g/mol. The fourth-order valence-corrected chi connectivity index (χ4v) is 5.24. The maximum Gasteiger partial charge on any atom is 0.226 e. The number of carbonyl (C=O) groups excluding carboxylic acids is 1. The topological polar surface area (TPSA) is 122 Å². The number of imidazole rings is 1. The first-order valence-electron chi connectivity index (χ1n) is 14.6. The molecule has 1 heterocycles. The van der Waals surface area contributed by atoms with Crippen molar-refractivity contribution in [1.82, 2.24) is 19.8 Å². The van der Waals surface area contributed by atoms with Crippen LogP contribution >= 0.6 is 23.2 Å². The average Bonchev–Trinajstić information content (AvgIpc) is 3.48. The Morgan fingerprint density at radius 3 is 2.62 bits per heavy atom. The molecule has 0 bridgehead atoms. The van der Waals surface area contributed by atoms with Crippen LogP contribution in [0.4, 0.5) is 5.69 Å².